The van der Waals surface area contributed by atoms with Gasteiger partial charge in [-0.15, -0.1) is 0 Å². The van der Waals surface area contributed by atoms with Crippen LogP contribution in [0.25, 0.3) is 0 Å². The van der Waals surface area contributed by atoms with Gasteiger partial charge < -0.3 is 15.2 Å². The van der Waals surface area contributed by atoms with Crippen LogP contribution < -0.4 is 10.5 Å². The van der Waals surface area contributed by atoms with Gasteiger partial charge in [0.2, 0.25) is 0 Å². The minimum Gasteiger partial charge on any atom is -0.468 e. The van der Waals surface area contributed by atoms with E-state index in [2.05, 4.69) is 4.74 Å². The normalized spacial score (nSPS) is 11.8. The maximum atomic E-state index is 11.3. The van der Waals surface area contributed by atoms with E-state index in [1.165, 1.54) is 7.11 Å². The molecule has 1 unspecified atom stereocenters. The molecule has 0 aliphatic carbocycles. The highest BCUT2D eigenvalue weighted by atomic mass is 16.5. The van der Waals surface area contributed by atoms with Crippen molar-refractivity contribution in [3.63, 3.8) is 0 Å². The molecule has 2 aromatic carbocycles. The van der Waals surface area contributed by atoms with Gasteiger partial charge in [0.25, 0.3) is 0 Å². The smallest absolute Gasteiger partial charge is 0.322 e. The van der Waals surface area contributed by atoms with E-state index in [0.717, 1.165) is 22.6 Å². The Kier molecular flexibility index (Phi) is 4.95. The molecule has 0 radical (unpaired) electrons. The molecule has 0 aromatic heterocycles. The number of esters is 1. The zero-order chi connectivity index (χ0) is 15.2. The maximum absolute atomic E-state index is 11.3. The van der Waals surface area contributed by atoms with Crippen molar-refractivity contribution in [3.05, 3.63) is 59.7 Å². The number of carbonyl (C=O) groups is 1. The van der Waals surface area contributed by atoms with E-state index in [-0.39, 0.29) is 0 Å². The van der Waals surface area contributed by atoms with Gasteiger partial charge in [-0.2, -0.15) is 0 Å². The summed E-state index contributed by atoms with van der Waals surface area (Å²) >= 11 is 0. The number of hydrogen-bond acceptors (Lipinski definition) is 4. The lowest BCUT2D eigenvalue weighted by Gasteiger charge is -2.10. The summed E-state index contributed by atoms with van der Waals surface area (Å²) in [5.41, 5.74) is 7.84. The second-order valence-corrected chi connectivity index (χ2v) is 4.90. The molecular formula is C17H19NO3. The summed E-state index contributed by atoms with van der Waals surface area (Å²) in [6, 6.07) is 14.7. The second kappa shape index (κ2) is 6.90. The van der Waals surface area contributed by atoms with Crippen LogP contribution in [0.1, 0.15) is 11.1 Å². The summed E-state index contributed by atoms with van der Waals surface area (Å²) in [6.07, 6.45) is 0.442. The van der Waals surface area contributed by atoms with Gasteiger partial charge in [0.1, 0.15) is 17.5 Å². The van der Waals surface area contributed by atoms with Crippen LogP contribution in [0.5, 0.6) is 11.5 Å². The Bertz CT molecular complexity index is 608. The first-order valence-electron chi connectivity index (χ1n) is 6.75. The zero-order valence-corrected chi connectivity index (χ0v) is 12.2. The van der Waals surface area contributed by atoms with Gasteiger partial charge in [0.05, 0.1) is 7.11 Å². The number of carbonyl (C=O) groups excluding carboxylic acids is 1. The molecule has 0 spiro atoms. The van der Waals surface area contributed by atoms with Crippen molar-refractivity contribution in [2.75, 3.05) is 7.11 Å². The van der Waals surface area contributed by atoms with E-state index in [1.807, 2.05) is 55.5 Å². The minimum absolute atomic E-state index is 0.407. The molecule has 0 fully saturated rings. The molecule has 2 aromatic rings. The number of hydrogen-bond donors (Lipinski definition) is 1. The highest BCUT2D eigenvalue weighted by Gasteiger charge is 2.14. The molecular weight excluding hydrogens is 266 g/mol. The van der Waals surface area contributed by atoms with Crippen LogP contribution in [0.2, 0.25) is 0 Å². The summed E-state index contributed by atoms with van der Waals surface area (Å²) in [4.78, 5) is 11.3. The Labute approximate surface area is 124 Å². The predicted octanol–water partition coefficient (Wildman–Crippen LogP) is 2.83. The molecule has 2 N–H and O–H groups in total. The molecule has 21 heavy (non-hydrogen) atoms. The maximum Gasteiger partial charge on any atom is 0.322 e. The van der Waals surface area contributed by atoms with Gasteiger partial charge in [-0.1, -0.05) is 24.3 Å². The summed E-state index contributed by atoms with van der Waals surface area (Å²) < 4.78 is 10.4. The van der Waals surface area contributed by atoms with E-state index in [1.54, 1.807) is 0 Å². The van der Waals surface area contributed by atoms with E-state index < -0.39 is 12.0 Å². The zero-order valence-electron chi connectivity index (χ0n) is 12.2. The van der Waals surface area contributed by atoms with Crippen molar-refractivity contribution in [2.45, 2.75) is 19.4 Å². The fourth-order valence-corrected chi connectivity index (χ4v) is 2.00. The van der Waals surface area contributed by atoms with Crippen molar-refractivity contribution in [2.24, 2.45) is 5.73 Å². The number of nitrogens with two attached hydrogens (primary N) is 1. The van der Waals surface area contributed by atoms with Crippen LogP contribution >= 0.6 is 0 Å². The highest BCUT2D eigenvalue weighted by molar-refractivity contribution is 5.75. The van der Waals surface area contributed by atoms with Crippen LogP contribution in [0.4, 0.5) is 0 Å². The highest BCUT2D eigenvalue weighted by Crippen LogP contribution is 2.22. The minimum atomic E-state index is -0.640. The Morgan fingerprint density at radius 3 is 2.48 bits per heavy atom. The molecule has 4 heteroatoms. The average molecular weight is 285 g/mol. The molecule has 0 saturated carbocycles. The second-order valence-electron chi connectivity index (χ2n) is 4.90. The molecule has 0 amide bonds. The first-order chi connectivity index (χ1) is 10.1. The van der Waals surface area contributed by atoms with Crippen molar-refractivity contribution >= 4 is 5.97 Å². The lowest BCUT2D eigenvalue weighted by atomic mass is 10.1. The number of aryl methyl sites for hydroxylation is 1. The predicted molar refractivity (Wildman–Crippen MR) is 81.4 cm³/mol. The molecule has 0 bridgehead atoms. The fraction of sp³-hybridized carbons (Fsp3) is 0.235. The Morgan fingerprint density at radius 1 is 1.14 bits per heavy atom. The number of rotatable bonds is 5. The van der Waals surface area contributed by atoms with Crippen molar-refractivity contribution in [3.8, 4) is 11.5 Å². The lowest BCUT2D eigenvalue weighted by Crippen LogP contribution is -2.33. The van der Waals surface area contributed by atoms with Gasteiger partial charge in [0, 0.05) is 0 Å². The first-order valence-corrected chi connectivity index (χ1v) is 6.75. The largest absolute Gasteiger partial charge is 0.468 e. The third-order valence-electron chi connectivity index (χ3n) is 3.11. The van der Waals surface area contributed by atoms with Crippen LogP contribution in [0.15, 0.2) is 48.5 Å². The van der Waals surface area contributed by atoms with Gasteiger partial charge in [-0.3, -0.25) is 4.79 Å². The van der Waals surface area contributed by atoms with Crippen molar-refractivity contribution < 1.29 is 14.3 Å². The third kappa shape index (κ3) is 4.33. The van der Waals surface area contributed by atoms with Crippen molar-refractivity contribution in [1.29, 1.82) is 0 Å². The Hall–Kier alpha value is -2.33. The molecule has 0 aliphatic rings. The van der Waals surface area contributed by atoms with Gasteiger partial charge in [0.15, 0.2) is 0 Å². The summed E-state index contributed by atoms with van der Waals surface area (Å²) in [6.45, 7) is 2.02. The summed E-state index contributed by atoms with van der Waals surface area (Å²) in [5.74, 6) is 1.14. The monoisotopic (exact) mass is 285 g/mol. The third-order valence-corrected chi connectivity index (χ3v) is 3.11. The molecule has 0 heterocycles. The standard InChI is InChI=1S/C17H19NO3/c1-12-4-3-5-15(10-12)21-14-8-6-13(7-9-14)11-16(18)17(19)20-2/h3-10,16H,11,18H2,1-2H3. The van der Waals surface area contributed by atoms with Crippen LogP contribution in [0, 0.1) is 6.92 Å². The molecule has 1 atom stereocenters. The van der Waals surface area contributed by atoms with Gasteiger partial charge in [-0.05, 0) is 48.7 Å². The van der Waals surface area contributed by atoms with Gasteiger partial charge >= 0.3 is 5.97 Å². The van der Waals surface area contributed by atoms with Gasteiger partial charge in [-0.25, -0.2) is 0 Å². The van der Waals surface area contributed by atoms with Crippen LogP contribution in [-0.4, -0.2) is 19.1 Å². The van der Waals surface area contributed by atoms with Crippen LogP contribution in [0.3, 0.4) is 0 Å². The van der Waals surface area contributed by atoms with Crippen LogP contribution in [-0.2, 0) is 16.0 Å². The van der Waals surface area contributed by atoms with E-state index in [4.69, 9.17) is 10.5 Å². The average Bonchev–Trinajstić information content (AvgIpc) is 2.48. The first kappa shape index (κ1) is 15.1. The molecule has 110 valence electrons. The Morgan fingerprint density at radius 2 is 1.86 bits per heavy atom. The SMILES string of the molecule is COC(=O)C(N)Cc1ccc(Oc2cccc(C)c2)cc1. The molecule has 2 rings (SSSR count). The van der Waals surface area contributed by atoms with E-state index >= 15 is 0 Å². The summed E-state index contributed by atoms with van der Waals surface area (Å²) in [5, 5.41) is 0. The lowest BCUT2D eigenvalue weighted by molar-refractivity contribution is -0.142. The summed E-state index contributed by atoms with van der Waals surface area (Å²) in [7, 11) is 1.33. The number of benzene rings is 2. The topological polar surface area (TPSA) is 61.5 Å². The molecule has 0 saturated heterocycles. The molecule has 0 aliphatic heterocycles. The Balaban J connectivity index is 2.00. The van der Waals surface area contributed by atoms with E-state index in [0.29, 0.717) is 6.42 Å². The van der Waals surface area contributed by atoms with Crippen molar-refractivity contribution in [1.82, 2.24) is 0 Å². The fourth-order valence-electron chi connectivity index (χ4n) is 2.00. The van der Waals surface area contributed by atoms with E-state index in [9.17, 15) is 4.79 Å². The molecule has 4 nitrogen and oxygen atoms in total. The number of methoxy groups -OCH3 is 1. The quantitative estimate of drug-likeness (QED) is 0.858. The number of ether oxygens (including phenoxy) is 2.